The molecule has 0 heterocycles. The molecule has 8 nitrogen and oxygen atoms in total. The molecule has 120 valence electrons. The zero-order valence-corrected chi connectivity index (χ0v) is 16.5. The number of hydrogen-bond acceptors (Lipinski definition) is 8. The summed E-state index contributed by atoms with van der Waals surface area (Å²) in [6.45, 7) is 6.02. The molecule has 9 heteroatoms. The molecule has 21 heavy (non-hydrogen) atoms. The van der Waals surface area contributed by atoms with E-state index in [2.05, 4.69) is 0 Å². The fourth-order valence-electron chi connectivity index (χ4n) is 0.971. The second kappa shape index (κ2) is 9.69. The van der Waals surface area contributed by atoms with E-state index in [1.807, 2.05) is 0 Å². The van der Waals surface area contributed by atoms with Crippen molar-refractivity contribution in [1.82, 2.24) is 0 Å². The van der Waals surface area contributed by atoms with E-state index in [-0.39, 0.29) is 25.7 Å². The van der Waals surface area contributed by atoms with Crippen LogP contribution < -0.4 is 0 Å². The molecule has 0 aromatic rings. The van der Waals surface area contributed by atoms with Crippen molar-refractivity contribution < 1.29 is 29.9 Å². The molecule has 0 aromatic heterocycles. The maximum atomic E-state index is 11.5. The third kappa shape index (κ3) is 7.39. The van der Waals surface area contributed by atoms with Gasteiger partial charge in [-0.25, -0.2) is 0 Å². The van der Waals surface area contributed by atoms with Gasteiger partial charge in [0.25, 0.3) is 0 Å². The fraction of sp³-hybridized carbons (Fsp3) is 0.667. The number of hydrogen-bond donors (Lipinski definition) is 0. The van der Waals surface area contributed by atoms with Crippen LogP contribution in [0.2, 0.25) is 0 Å². The Bertz CT molecular complexity index is 329. The van der Waals surface area contributed by atoms with E-state index in [0.29, 0.717) is 0 Å². The van der Waals surface area contributed by atoms with Crippen molar-refractivity contribution >= 4 is 46.9 Å². The summed E-state index contributed by atoms with van der Waals surface area (Å²) in [4.78, 5) is 46.0. The van der Waals surface area contributed by atoms with Crippen molar-refractivity contribution in [2.24, 2.45) is 0 Å². The van der Waals surface area contributed by atoms with Gasteiger partial charge < -0.3 is 0 Å². The van der Waals surface area contributed by atoms with E-state index in [9.17, 15) is 19.2 Å². The molecule has 0 rings (SSSR count). The summed E-state index contributed by atoms with van der Waals surface area (Å²) in [5.41, 5.74) is 0. The first-order valence-electron chi connectivity index (χ1n) is 6.69. The van der Waals surface area contributed by atoms with Gasteiger partial charge in [-0.1, -0.05) is 0 Å². The first kappa shape index (κ1) is 19.8. The zero-order valence-electron chi connectivity index (χ0n) is 12.6. The van der Waals surface area contributed by atoms with Crippen molar-refractivity contribution in [1.29, 1.82) is 0 Å². The summed E-state index contributed by atoms with van der Waals surface area (Å²) in [5, 5.41) is 0. The number of carbonyl (C=O) groups is 4. The standard InChI is InChI=1S/4C3H6O2.Pb/c4*1-2-3(4)5;/h4*2H2,1H3,(H,4,5);/q;;;;+4/p-4. The van der Waals surface area contributed by atoms with Crippen molar-refractivity contribution in [3.8, 4) is 0 Å². The van der Waals surface area contributed by atoms with Gasteiger partial charge >= 0.3 is 130 Å². The summed E-state index contributed by atoms with van der Waals surface area (Å²) in [5.74, 6) is -3.08. The van der Waals surface area contributed by atoms with Gasteiger partial charge in [-0.05, 0) is 0 Å². The molecule has 0 bridgehead atoms. The summed E-state index contributed by atoms with van der Waals surface area (Å²) in [6, 6.07) is 0. The second-order valence-electron chi connectivity index (χ2n) is 3.81. The minimum absolute atomic E-state index is 0.0429. The van der Waals surface area contributed by atoms with Crippen molar-refractivity contribution in [2.45, 2.75) is 53.4 Å². The molecule has 0 amide bonds. The molecule has 0 fully saturated rings. The van der Waals surface area contributed by atoms with E-state index < -0.39 is 46.9 Å². The average molecular weight is 499 g/mol. The Balaban J connectivity index is 5.43. The topological polar surface area (TPSA) is 105 Å². The van der Waals surface area contributed by atoms with Crippen LogP contribution in [0.5, 0.6) is 0 Å². The van der Waals surface area contributed by atoms with Crippen LogP contribution in [-0.2, 0) is 29.9 Å². The Morgan fingerprint density at radius 3 is 0.905 bits per heavy atom. The quantitative estimate of drug-likeness (QED) is 0.460. The first-order chi connectivity index (χ1) is 9.82. The zero-order chi connectivity index (χ0) is 16.5. The Labute approximate surface area is 130 Å². The van der Waals surface area contributed by atoms with Crippen LogP contribution in [0.25, 0.3) is 0 Å². The number of carbonyl (C=O) groups excluding carboxylic acids is 4. The molecule has 0 aromatic carbocycles. The third-order valence-corrected chi connectivity index (χ3v) is 9.54. The monoisotopic (exact) mass is 500 g/mol. The minimum atomic E-state index is -5.56. The molecule has 0 aliphatic carbocycles. The molecule has 0 N–H and O–H groups in total. The molecular formula is C12H20O8Pb. The molecular weight excluding hydrogens is 479 g/mol. The van der Waals surface area contributed by atoms with Gasteiger partial charge in [0.15, 0.2) is 0 Å². The van der Waals surface area contributed by atoms with Gasteiger partial charge in [-0.15, -0.1) is 0 Å². The summed E-state index contributed by atoms with van der Waals surface area (Å²) in [6.07, 6.45) is -0.172. The van der Waals surface area contributed by atoms with Crippen molar-refractivity contribution in [3.63, 3.8) is 0 Å². The van der Waals surface area contributed by atoms with Crippen molar-refractivity contribution in [3.05, 3.63) is 0 Å². The van der Waals surface area contributed by atoms with E-state index in [1.165, 1.54) is 27.7 Å². The molecule has 0 aliphatic rings. The predicted molar refractivity (Wildman–Crippen MR) is 71.3 cm³/mol. The molecule has 0 atom stereocenters. The van der Waals surface area contributed by atoms with E-state index >= 15 is 0 Å². The van der Waals surface area contributed by atoms with Crippen LogP contribution >= 0.6 is 0 Å². The third-order valence-electron chi connectivity index (χ3n) is 2.11. The van der Waals surface area contributed by atoms with Crippen LogP contribution in [0.15, 0.2) is 0 Å². The summed E-state index contributed by atoms with van der Waals surface area (Å²) in [7, 11) is 0. The molecule has 0 aliphatic heterocycles. The summed E-state index contributed by atoms with van der Waals surface area (Å²) >= 11 is -5.56. The molecule has 0 radical (unpaired) electrons. The molecule has 0 spiro atoms. The van der Waals surface area contributed by atoms with E-state index in [1.54, 1.807) is 0 Å². The Hall–Kier alpha value is -1.20. The fourth-order valence-corrected chi connectivity index (χ4v) is 8.52. The Morgan fingerprint density at radius 2 is 0.762 bits per heavy atom. The van der Waals surface area contributed by atoms with Gasteiger partial charge in [-0.3, -0.25) is 0 Å². The van der Waals surface area contributed by atoms with Gasteiger partial charge in [0, 0.05) is 0 Å². The van der Waals surface area contributed by atoms with E-state index in [4.69, 9.17) is 10.7 Å². The van der Waals surface area contributed by atoms with Crippen LogP contribution in [0.4, 0.5) is 0 Å². The Morgan fingerprint density at radius 1 is 0.571 bits per heavy atom. The normalized spacial score (nSPS) is 10.5. The summed E-state index contributed by atoms with van der Waals surface area (Å²) < 4.78 is 19.8. The second-order valence-corrected chi connectivity index (χ2v) is 10.9. The van der Waals surface area contributed by atoms with E-state index in [0.717, 1.165) is 0 Å². The SMILES string of the molecule is CCC(=O)[O][Pb]([O]C(=O)CC)([O]C(=O)CC)[O]C(=O)CC. The van der Waals surface area contributed by atoms with Gasteiger partial charge in [0.1, 0.15) is 0 Å². The first-order valence-corrected chi connectivity index (χ1v) is 13.0. The Kier molecular flexibility index (Phi) is 9.13. The van der Waals surface area contributed by atoms with Crippen LogP contribution in [0, 0.1) is 0 Å². The maximum absolute atomic E-state index is 11.5. The van der Waals surface area contributed by atoms with Crippen LogP contribution in [0.1, 0.15) is 53.4 Å². The average Bonchev–Trinajstić information content (AvgIpc) is 2.46. The van der Waals surface area contributed by atoms with Crippen LogP contribution in [0.3, 0.4) is 0 Å². The molecule has 0 saturated carbocycles. The van der Waals surface area contributed by atoms with Gasteiger partial charge in [0.2, 0.25) is 0 Å². The predicted octanol–water partition coefficient (Wildman–Crippen LogP) is 1.23. The van der Waals surface area contributed by atoms with Crippen molar-refractivity contribution in [2.75, 3.05) is 0 Å². The molecule has 0 unspecified atom stereocenters. The van der Waals surface area contributed by atoms with Crippen LogP contribution in [-0.4, -0.2) is 46.9 Å². The van der Waals surface area contributed by atoms with Gasteiger partial charge in [-0.2, -0.15) is 0 Å². The number of rotatable bonds is 8. The molecule has 0 saturated heterocycles. The van der Waals surface area contributed by atoms with Gasteiger partial charge in [0.05, 0.1) is 0 Å².